The fraction of sp³-hybridized carbons (Fsp3) is 0.300. The Hall–Kier alpha value is -2.82. The van der Waals surface area contributed by atoms with Gasteiger partial charge in [-0.1, -0.05) is 32.0 Å². The minimum Gasteiger partial charge on any atom is -0.380 e. The molecule has 0 aliphatic carbocycles. The van der Waals surface area contributed by atoms with Crippen molar-refractivity contribution in [2.24, 2.45) is 5.92 Å². The predicted molar refractivity (Wildman–Crippen MR) is 102 cm³/mol. The van der Waals surface area contributed by atoms with E-state index in [1.807, 2.05) is 30.3 Å². The number of amides is 2. The Morgan fingerprint density at radius 2 is 1.56 bits per heavy atom. The highest BCUT2D eigenvalue weighted by atomic mass is 16.2. The van der Waals surface area contributed by atoms with Crippen molar-refractivity contribution in [3.63, 3.8) is 0 Å². The number of nitrogens with one attached hydrogen (secondary N) is 3. The molecular formula is C20H25N3O2. The fourth-order valence-electron chi connectivity index (χ4n) is 2.41. The zero-order valence-electron chi connectivity index (χ0n) is 14.9. The molecule has 0 bridgehead atoms. The Labute approximate surface area is 148 Å². The summed E-state index contributed by atoms with van der Waals surface area (Å²) in [5.41, 5.74) is 2.28. The van der Waals surface area contributed by atoms with Crippen molar-refractivity contribution in [2.45, 2.75) is 26.8 Å². The highest BCUT2D eigenvalue weighted by molar-refractivity contribution is 5.95. The summed E-state index contributed by atoms with van der Waals surface area (Å²) in [6, 6.07) is 16.9. The van der Waals surface area contributed by atoms with Gasteiger partial charge >= 0.3 is 0 Å². The lowest BCUT2D eigenvalue weighted by molar-refractivity contribution is -0.114. The summed E-state index contributed by atoms with van der Waals surface area (Å²) < 4.78 is 0. The molecule has 25 heavy (non-hydrogen) atoms. The third-order valence-corrected chi connectivity index (χ3v) is 3.88. The number of carbonyl (C=O) groups is 2. The summed E-state index contributed by atoms with van der Waals surface area (Å²) in [4.78, 5) is 23.4. The number of hydrogen-bond acceptors (Lipinski definition) is 3. The number of benzene rings is 2. The maximum Gasteiger partial charge on any atom is 0.251 e. The van der Waals surface area contributed by atoms with Crippen LogP contribution in [-0.2, 0) is 4.79 Å². The predicted octanol–water partition coefficient (Wildman–Crippen LogP) is 3.51. The van der Waals surface area contributed by atoms with Crippen molar-refractivity contribution in [1.82, 2.24) is 5.32 Å². The molecule has 0 saturated carbocycles. The Kier molecular flexibility index (Phi) is 6.57. The third-order valence-electron chi connectivity index (χ3n) is 3.88. The number of hydrogen-bond donors (Lipinski definition) is 3. The summed E-state index contributed by atoms with van der Waals surface area (Å²) in [6.07, 6.45) is 0. The second kappa shape index (κ2) is 8.87. The number of carbonyl (C=O) groups excluding carboxylic acids is 2. The molecule has 2 aromatic carbocycles. The monoisotopic (exact) mass is 339 g/mol. The number of rotatable bonds is 7. The molecule has 5 heteroatoms. The van der Waals surface area contributed by atoms with E-state index in [4.69, 9.17) is 0 Å². The van der Waals surface area contributed by atoms with E-state index in [2.05, 4.69) is 29.8 Å². The molecule has 1 atom stereocenters. The van der Waals surface area contributed by atoms with Crippen LogP contribution in [0.3, 0.4) is 0 Å². The molecule has 5 nitrogen and oxygen atoms in total. The van der Waals surface area contributed by atoms with Gasteiger partial charge in [-0.2, -0.15) is 0 Å². The summed E-state index contributed by atoms with van der Waals surface area (Å²) in [5.74, 6) is 0.0986. The van der Waals surface area contributed by atoms with Gasteiger partial charge in [0.05, 0.1) is 0 Å². The van der Waals surface area contributed by atoms with Crippen molar-refractivity contribution >= 4 is 23.2 Å². The average Bonchev–Trinajstić information content (AvgIpc) is 2.59. The molecule has 0 radical (unpaired) electrons. The normalized spacial score (nSPS) is 11.7. The van der Waals surface area contributed by atoms with Crippen LogP contribution in [0.4, 0.5) is 11.4 Å². The molecule has 2 aromatic rings. The molecule has 132 valence electrons. The van der Waals surface area contributed by atoms with E-state index < -0.39 is 0 Å². The quantitative estimate of drug-likeness (QED) is 0.723. The van der Waals surface area contributed by atoms with Crippen LogP contribution in [0.2, 0.25) is 0 Å². The van der Waals surface area contributed by atoms with Crippen molar-refractivity contribution < 1.29 is 9.59 Å². The molecule has 2 rings (SSSR count). The van der Waals surface area contributed by atoms with Crippen LogP contribution < -0.4 is 16.0 Å². The molecule has 3 N–H and O–H groups in total. The van der Waals surface area contributed by atoms with Gasteiger partial charge in [-0.05, 0) is 42.3 Å². The molecule has 0 aliphatic rings. The van der Waals surface area contributed by atoms with Gasteiger partial charge in [0.15, 0.2) is 0 Å². The van der Waals surface area contributed by atoms with Crippen molar-refractivity contribution in [3.05, 3.63) is 60.2 Å². The van der Waals surface area contributed by atoms with E-state index in [0.717, 1.165) is 5.69 Å². The summed E-state index contributed by atoms with van der Waals surface area (Å²) in [7, 11) is 0. The van der Waals surface area contributed by atoms with E-state index in [0.29, 0.717) is 23.7 Å². The van der Waals surface area contributed by atoms with E-state index in [1.165, 1.54) is 6.92 Å². The molecule has 0 heterocycles. The SMILES string of the molecule is CC(=O)Nc1ccc(C(=O)NCC(Nc2ccccc2)C(C)C)cc1. The van der Waals surface area contributed by atoms with Crippen LogP contribution in [0, 0.1) is 5.92 Å². The van der Waals surface area contributed by atoms with Gasteiger partial charge in [0.2, 0.25) is 5.91 Å². The zero-order valence-corrected chi connectivity index (χ0v) is 14.9. The second-order valence-corrected chi connectivity index (χ2v) is 6.33. The van der Waals surface area contributed by atoms with E-state index in [-0.39, 0.29) is 17.9 Å². The van der Waals surface area contributed by atoms with Crippen LogP contribution in [-0.4, -0.2) is 24.4 Å². The van der Waals surface area contributed by atoms with Crippen molar-refractivity contribution in [2.75, 3.05) is 17.2 Å². The zero-order chi connectivity index (χ0) is 18.2. The first-order valence-corrected chi connectivity index (χ1v) is 8.43. The smallest absolute Gasteiger partial charge is 0.251 e. The molecular weight excluding hydrogens is 314 g/mol. The highest BCUT2D eigenvalue weighted by Gasteiger charge is 2.15. The lowest BCUT2D eigenvalue weighted by atomic mass is 10.0. The molecule has 0 spiro atoms. The summed E-state index contributed by atoms with van der Waals surface area (Å²) in [5, 5.41) is 9.11. The van der Waals surface area contributed by atoms with Gasteiger partial charge in [0, 0.05) is 36.4 Å². The maximum atomic E-state index is 12.3. The topological polar surface area (TPSA) is 70.2 Å². The Balaban J connectivity index is 1.93. The van der Waals surface area contributed by atoms with Crippen molar-refractivity contribution in [3.8, 4) is 0 Å². The van der Waals surface area contributed by atoms with E-state index in [1.54, 1.807) is 24.3 Å². The van der Waals surface area contributed by atoms with Crippen LogP contribution in [0.25, 0.3) is 0 Å². The Morgan fingerprint density at radius 3 is 2.12 bits per heavy atom. The molecule has 0 aromatic heterocycles. The Morgan fingerprint density at radius 1 is 0.920 bits per heavy atom. The fourth-order valence-corrected chi connectivity index (χ4v) is 2.41. The first-order chi connectivity index (χ1) is 12.0. The molecule has 1 unspecified atom stereocenters. The third kappa shape index (κ3) is 5.95. The van der Waals surface area contributed by atoms with Gasteiger partial charge in [0.1, 0.15) is 0 Å². The summed E-state index contributed by atoms with van der Waals surface area (Å²) in [6.45, 7) is 6.22. The van der Waals surface area contributed by atoms with Crippen LogP contribution >= 0.6 is 0 Å². The van der Waals surface area contributed by atoms with Crippen molar-refractivity contribution in [1.29, 1.82) is 0 Å². The highest BCUT2D eigenvalue weighted by Crippen LogP contribution is 2.13. The van der Waals surface area contributed by atoms with E-state index >= 15 is 0 Å². The molecule has 2 amide bonds. The van der Waals surface area contributed by atoms with Gasteiger partial charge in [-0.25, -0.2) is 0 Å². The lowest BCUT2D eigenvalue weighted by Gasteiger charge is -2.24. The first-order valence-electron chi connectivity index (χ1n) is 8.43. The average molecular weight is 339 g/mol. The summed E-state index contributed by atoms with van der Waals surface area (Å²) >= 11 is 0. The molecule has 0 fully saturated rings. The second-order valence-electron chi connectivity index (χ2n) is 6.33. The standard InChI is InChI=1S/C20H25N3O2/c1-14(2)19(23-17-7-5-4-6-8-17)13-21-20(25)16-9-11-18(12-10-16)22-15(3)24/h4-12,14,19,23H,13H2,1-3H3,(H,21,25)(H,22,24). The van der Waals surface area contributed by atoms with Crippen LogP contribution in [0.15, 0.2) is 54.6 Å². The van der Waals surface area contributed by atoms with E-state index in [9.17, 15) is 9.59 Å². The van der Waals surface area contributed by atoms with Crippen LogP contribution in [0.1, 0.15) is 31.1 Å². The minimum absolute atomic E-state index is 0.130. The van der Waals surface area contributed by atoms with Gasteiger partial charge in [0.25, 0.3) is 5.91 Å². The number of anilines is 2. The minimum atomic E-state index is -0.135. The first kappa shape index (κ1) is 18.5. The maximum absolute atomic E-state index is 12.3. The lowest BCUT2D eigenvalue weighted by Crippen LogP contribution is -2.39. The van der Waals surface area contributed by atoms with Gasteiger partial charge in [-0.3, -0.25) is 9.59 Å². The molecule has 0 saturated heterocycles. The van der Waals surface area contributed by atoms with Crippen LogP contribution in [0.5, 0.6) is 0 Å². The Bertz CT molecular complexity index is 697. The van der Waals surface area contributed by atoms with Gasteiger partial charge < -0.3 is 16.0 Å². The molecule has 0 aliphatic heterocycles. The largest absolute Gasteiger partial charge is 0.380 e. The van der Waals surface area contributed by atoms with Gasteiger partial charge in [-0.15, -0.1) is 0 Å². The number of para-hydroxylation sites is 1.